The summed E-state index contributed by atoms with van der Waals surface area (Å²) in [5.74, 6) is 5.28. The summed E-state index contributed by atoms with van der Waals surface area (Å²) in [6.07, 6.45) is 3.54. The van der Waals surface area contributed by atoms with Crippen molar-refractivity contribution in [3.63, 3.8) is 0 Å². The van der Waals surface area contributed by atoms with E-state index < -0.39 is 26.1 Å². The molecule has 4 aromatic rings. The van der Waals surface area contributed by atoms with Gasteiger partial charge in [-0.3, -0.25) is 9.32 Å². The van der Waals surface area contributed by atoms with Crippen molar-refractivity contribution in [3.05, 3.63) is 71.6 Å². The Morgan fingerprint density at radius 1 is 1.15 bits per heavy atom. The standard InChI is InChI=1S/C26H25F2N6O6P/c1-26(2,39-41(36,37)40-29)24-30-11-14(12-31-24)13-7-8-16-17(9-13)34-18-10-19(22(34)32-16)33(3)23(35)15-5-4-6-20(21(15)18)38-25(27)28/h4-9,11-12,18-19,25H,10,29H2,1-3H3,(H,36,37)/t18-,19?/m1/s1. The highest BCUT2D eigenvalue weighted by Gasteiger charge is 2.45. The lowest BCUT2D eigenvalue weighted by atomic mass is 9.97. The Kier molecular flexibility index (Phi) is 6.43. The van der Waals surface area contributed by atoms with Gasteiger partial charge >= 0.3 is 14.4 Å². The monoisotopic (exact) mass is 586 g/mol. The van der Waals surface area contributed by atoms with Gasteiger partial charge < -0.3 is 19.1 Å². The van der Waals surface area contributed by atoms with E-state index in [9.17, 15) is 23.0 Å². The van der Waals surface area contributed by atoms with E-state index in [1.54, 1.807) is 30.4 Å². The molecule has 2 aliphatic heterocycles. The number of phosphoric ester groups is 1. The summed E-state index contributed by atoms with van der Waals surface area (Å²) >= 11 is 0. The van der Waals surface area contributed by atoms with E-state index in [1.807, 2.05) is 22.8 Å². The first kappa shape index (κ1) is 27.4. The van der Waals surface area contributed by atoms with Crippen molar-refractivity contribution in [2.75, 3.05) is 7.05 Å². The van der Waals surface area contributed by atoms with Gasteiger partial charge in [-0.05, 0) is 43.7 Å². The molecule has 2 unspecified atom stereocenters. The summed E-state index contributed by atoms with van der Waals surface area (Å²) in [6, 6.07) is 9.33. The summed E-state index contributed by atoms with van der Waals surface area (Å²) in [7, 11) is -2.82. The molecule has 0 aliphatic carbocycles. The van der Waals surface area contributed by atoms with Crippen LogP contribution in [0.1, 0.15) is 59.9 Å². The largest absolute Gasteiger partial charge is 0.489 e. The van der Waals surface area contributed by atoms with Crippen LogP contribution in [0.4, 0.5) is 8.78 Å². The molecule has 3 atom stereocenters. The minimum atomic E-state index is -4.50. The first-order valence-corrected chi connectivity index (χ1v) is 14.0. The highest BCUT2D eigenvalue weighted by molar-refractivity contribution is 7.47. The first-order chi connectivity index (χ1) is 19.4. The average Bonchev–Trinajstić information content (AvgIpc) is 3.45. The fraction of sp³-hybridized carbons (Fsp3) is 0.308. The van der Waals surface area contributed by atoms with E-state index >= 15 is 0 Å². The molecule has 0 radical (unpaired) electrons. The number of phosphoric acid groups is 1. The number of aromatic nitrogens is 4. The smallest absolute Gasteiger partial charge is 0.434 e. The van der Waals surface area contributed by atoms with E-state index in [-0.39, 0.29) is 23.5 Å². The van der Waals surface area contributed by atoms with Crippen molar-refractivity contribution in [3.8, 4) is 16.9 Å². The Labute approximate surface area is 232 Å². The number of amides is 1. The number of ether oxygens (including phenoxy) is 1. The molecule has 2 aromatic heterocycles. The Hall–Kier alpha value is -3.81. The number of hydrogen-bond donors (Lipinski definition) is 2. The molecule has 6 rings (SSSR count). The van der Waals surface area contributed by atoms with E-state index in [4.69, 9.17) is 20.1 Å². The molecular formula is C26H25F2N6O6P. The molecular weight excluding hydrogens is 561 g/mol. The lowest BCUT2D eigenvalue weighted by molar-refractivity contribution is -0.0507. The number of alkyl halides is 2. The van der Waals surface area contributed by atoms with Gasteiger partial charge in [-0.2, -0.15) is 8.78 Å². The molecule has 2 aliphatic rings. The molecule has 214 valence electrons. The van der Waals surface area contributed by atoms with Crippen LogP contribution in [0.15, 0.2) is 48.8 Å². The number of nitrogens with two attached hydrogens (primary N) is 1. The number of imidazole rings is 1. The van der Waals surface area contributed by atoms with Crippen LogP contribution in [-0.4, -0.2) is 48.9 Å². The predicted octanol–water partition coefficient (Wildman–Crippen LogP) is 4.46. The third-order valence-corrected chi connectivity index (χ3v) is 8.36. The quantitative estimate of drug-likeness (QED) is 0.234. The maximum absolute atomic E-state index is 13.3. The van der Waals surface area contributed by atoms with Gasteiger partial charge in [0.2, 0.25) is 0 Å². The number of fused-ring (bicyclic) bond motifs is 9. The number of rotatable bonds is 7. The Morgan fingerprint density at radius 2 is 1.88 bits per heavy atom. The maximum atomic E-state index is 13.3. The van der Waals surface area contributed by atoms with Gasteiger partial charge in [-0.25, -0.2) is 30.0 Å². The zero-order valence-electron chi connectivity index (χ0n) is 22.1. The number of carbonyl (C=O) groups excluding carboxylic acids is 1. The van der Waals surface area contributed by atoms with Crippen LogP contribution in [-0.2, 0) is 19.3 Å². The average molecular weight is 586 g/mol. The van der Waals surface area contributed by atoms with Gasteiger partial charge in [0.05, 0.1) is 23.1 Å². The molecule has 4 heterocycles. The summed E-state index contributed by atoms with van der Waals surface area (Å²) in [5, 5.41) is 0. The van der Waals surface area contributed by atoms with Crippen LogP contribution in [0, 0.1) is 0 Å². The van der Waals surface area contributed by atoms with Gasteiger partial charge in [0.1, 0.15) is 17.2 Å². The van der Waals surface area contributed by atoms with Gasteiger partial charge in [0.15, 0.2) is 5.82 Å². The minimum Gasteiger partial charge on any atom is -0.434 e. The Morgan fingerprint density at radius 3 is 2.56 bits per heavy atom. The fourth-order valence-electron chi connectivity index (χ4n) is 5.60. The van der Waals surface area contributed by atoms with E-state index in [0.717, 1.165) is 11.1 Å². The number of benzene rings is 2. The van der Waals surface area contributed by atoms with Crippen LogP contribution < -0.4 is 10.6 Å². The normalized spacial score (nSPS) is 19.7. The van der Waals surface area contributed by atoms with Gasteiger partial charge in [0, 0.05) is 42.6 Å². The summed E-state index contributed by atoms with van der Waals surface area (Å²) in [5.41, 5.74) is 2.10. The number of carbonyl (C=O) groups is 1. The van der Waals surface area contributed by atoms with Crippen molar-refractivity contribution >= 4 is 24.8 Å². The van der Waals surface area contributed by atoms with Crippen LogP contribution in [0.25, 0.3) is 22.2 Å². The van der Waals surface area contributed by atoms with Crippen LogP contribution in [0.5, 0.6) is 5.75 Å². The molecule has 2 aromatic carbocycles. The highest BCUT2D eigenvalue weighted by atomic mass is 31.2. The highest BCUT2D eigenvalue weighted by Crippen LogP contribution is 2.50. The second kappa shape index (κ2) is 9.64. The lowest BCUT2D eigenvalue weighted by Crippen LogP contribution is -2.30. The molecule has 0 saturated carbocycles. The number of hydrogen-bond acceptors (Lipinski definition) is 9. The molecule has 2 bridgehead atoms. The molecule has 0 fully saturated rings. The molecule has 0 saturated heterocycles. The van der Waals surface area contributed by atoms with Crippen LogP contribution >= 0.6 is 7.82 Å². The molecule has 3 N–H and O–H groups in total. The van der Waals surface area contributed by atoms with Gasteiger partial charge in [-0.15, -0.1) is 0 Å². The van der Waals surface area contributed by atoms with Gasteiger partial charge in [0.25, 0.3) is 5.91 Å². The topological polar surface area (TPSA) is 155 Å². The summed E-state index contributed by atoms with van der Waals surface area (Å²) < 4.78 is 54.4. The Bertz CT molecular complexity index is 1730. The second-order valence-electron chi connectivity index (χ2n) is 10.3. The summed E-state index contributed by atoms with van der Waals surface area (Å²) in [6.45, 7) is -0.0546. The molecule has 12 nitrogen and oxygen atoms in total. The van der Waals surface area contributed by atoms with Crippen molar-refractivity contribution in [1.29, 1.82) is 0 Å². The Balaban J connectivity index is 1.43. The number of nitrogens with zero attached hydrogens (tertiary/aromatic N) is 5. The second-order valence-corrected chi connectivity index (χ2v) is 11.6. The molecule has 1 amide bonds. The van der Waals surface area contributed by atoms with E-state index in [0.29, 0.717) is 34.5 Å². The SMILES string of the molecule is CN1C(=O)c2cccc(OC(F)F)c2[C@H]2CC1c1nc3ccc(-c4cnc(C(C)(C)OP(=O)(O)ON)nc4)cc3n12. The fourth-order valence-corrected chi connectivity index (χ4v) is 6.30. The lowest BCUT2D eigenvalue weighted by Gasteiger charge is -2.24. The summed E-state index contributed by atoms with van der Waals surface area (Å²) in [4.78, 5) is 37.9. The van der Waals surface area contributed by atoms with E-state index in [2.05, 4.69) is 14.6 Å². The predicted molar refractivity (Wildman–Crippen MR) is 141 cm³/mol. The van der Waals surface area contributed by atoms with Gasteiger partial charge in [-0.1, -0.05) is 12.1 Å². The maximum Gasteiger partial charge on any atom is 0.489 e. The zero-order valence-corrected chi connectivity index (χ0v) is 23.0. The van der Waals surface area contributed by atoms with E-state index in [1.165, 1.54) is 26.0 Å². The third kappa shape index (κ3) is 4.57. The van der Waals surface area contributed by atoms with Crippen LogP contribution in [0.2, 0.25) is 0 Å². The van der Waals surface area contributed by atoms with Crippen molar-refractivity contribution in [1.82, 2.24) is 24.4 Å². The molecule has 15 heteroatoms. The molecule has 0 spiro atoms. The van der Waals surface area contributed by atoms with Crippen molar-refractivity contribution < 1.29 is 36.9 Å². The van der Waals surface area contributed by atoms with Crippen molar-refractivity contribution in [2.45, 2.75) is 44.6 Å². The first-order valence-electron chi connectivity index (χ1n) is 12.5. The third-order valence-electron chi connectivity index (χ3n) is 7.41. The zero-order chi connectivity index (χ0) is 29.3. The van der Waals surface area contributed by atoms with Crippen LogP contribution in [0.3, 0.4) is 0 Å². The van der Waals surface area contributed by atoms with Crippen molar-refractivity contribution in [2.24, 2.45) is 5.90 Å². The number of halogens is 2. The minimum absolute atomic E-state index is 0.0444. The molecule has 41 heavy (non-hydrogen) atoms.